The van der Waals surface area contributed by atoms with Crippen LogP contribution < -0.4 is 5.73 Å². The van der Waals surface area contributed by atoms with Crippen molar-refractivity contribution in [2.24, 2.45) is 5.73 Å². The molecular formula is C11H19N3O2S. The molecule has 1 saturated heterocycles. The molecule has 2 heterocycles. The highest BCUT2D eigenvalue weighted by molar-refractivity contribution is 7.98. The van der Waals surface area contributed by atoms with E-state index in [1.54, 1.807) is 11.8 Å². The molecule has 1 aliphatic rings. The number of hydrogen-bond acceptors (Lipinski definition) is 6. The van der Waals surface area contributed by atoms with Crippen molar-refractivity contribution in [3.63, 3.8) is 0 Å². The predicted molar refractivity (Wildman–Crippen MR) is 66.9 cm³/mol. The highest BCUT2D eigenvalue weighted by Gasteiger charge is 2.20. The van der Waals surface area contributed by atoms with Crippen molar-refractivity contribution in [3.8, 4) is 0 Å². The van der Waals surface area contributed by atoms with Gasteiger partial charge in [0.15, 0.2) is 5.82 Å². The standard InChI is InChI=1S/C11H19N3O2S/c1-17-6-4-9(12)11-13-10(14-16-11)7-8-3-2-5-15-8/h8-9H,2-7,12H2,1H3/t8?,9-/m0/s1. The van der Waals surface area contributed by atoms with Crippen molar-refractivity contribution >= 4 is 11.8 Å². The second kappa shape index (κ2) is 6.37. The third-order valence-electron chi connectivity index (χ3n) is 2.87. The van der Waals surface area contributed by atoms with E-state index in [1.165, 1.54) is 0 Å². The van der Waals surface area contributed by atoms with Gasteiger partial charge in [0.1, 0.15) is 0 Å². The van der Waals surface area contributed by atoms with Gasteiger partial charge < -0.3 is 15.0 Å². The largest absolute Gasteiger partial charge is 0.378 e. The summed E-state index contributed by atoms with van der Waals surface area (Å²) >= 11 is 1.77. The molecule has 5 nitrogen and oxygen atoms in total. The van der Waals surface area contributed by atoms with Crippen LogP contribution in [0.4, 0.5) is 0 Å². The normalized spacial score (nSPS) is 21.9. The van der Waals surface area contributed by atoms with E-state index in [4.69, 9.17) is 15.0 Å². The minimum Gasteiger partial charge on any atom is -0.378 e. The molecule has 2 N–H and O–H groups in total. The number of thioether (sulfide) groups is 1. The third kappa shape index (κ3) is 3.69. The maximum absolute atomic E-state index is 5.96. The van der Waals surface area contributed by atoms with Gasteiger partial charge in [-0.2, -0.15) is 16.7 Å². The Bertz CT molecular complexity index is 339. The summed E-state index contributed by atoms with van der Waals surface area (Å²) in [5, 5.41) is 3.96. The highest BCUT2D eigenvalue weighted by Crippen LogP contribution is 2.18. The van der Waals surface area contributed by atoms with Gasteiger partial charge in [0.2, 0.25) is 5.89 Å². The van der Waals surface area contributed by atoms with Crippen molar-refractivity contribution in [3.05, 3.63) is 11.7 Å². The SMILES string of the molecule is CSCC[C@H](N)c1nc(CC2CCCO2)no1. The Balaban J connectivity index is 1.86. The summed E-state index contributed by atoms with van der Waals surface area (Å²) in [5.74, 6) is 2.27. The minimum atomic E-state index is -0.145. The topological polar surface area (TPSA) is 74.2 Å². The van der Waals surface area contributed by atoms with Gasteiger partial charge >= 0.3 is 0 Å². The van der Waals surface area contributed by atoms with Crippen LogP contribution in [0, 0.1) is 0 Å². The molecule has 1 unspecified atom stereocenters. The Hall–Kier alpha value is -0.590. The van der Waals surface area contributed by atoms with Crippen molar-refractivity contribution in [2.75, 3.05) is 18.6 Å². The second-order valence-electron chi connectivity index (χ2n) is 4.28. The molecule has 1 aromatic rings. The van der Waals surface area contributed by atoms with Gasteiger partial charge in [-0.3, -0.25) is 0 Å². The molecule has 6 heteroatoms. The summed E-state index contributed by atoms with van der Waals surface area (Å²) in [5.41, 5.74) is 5.96. The maximum Gasteiger partial charge on any atom is 0.243 e. The van der Waals surface area contributed by atoms with E-state index in [0.717, 1.165) is 38.0 Å². The molecule has 2 rings (SSSR count). The van der Waals surface area contributed by atoms with E-state index < -0.39 is 0 Å². The van der Waals surface area contributed by atoms with Crippen LogP contribution in [-0.4, -0.2) is 34.9 Å². The number of aromatic nitrogens is 2. The highest BCUT2D eigenvalue weighted by atomic mass is 32.2. The second-order valence-corrected chi connectivity index (χ2v) is 5.26. The Labute approximate surface area is 105 Å². The predicted octanol–water partition coefficient (Wildman–Crippen LogP) is 1.54. The molecule has 17 heavy (non-hydrogen) atoms. The number of nitrogens with zero attached hydrogens (tertiary/aromatic N) is 2. The van der Waals surface area contributed by atoms with E-state index in [9.17, 15) is 0 Å². The lowest BCUT2D eigenvalue weighted by Crippen LogP contribution is -2.13. The molecule has 0 spiro atoms. The zero-order valence-electron chi connectivity index (χ0n) is 10.1. The number of rotatable bonds is 6. The fourth-order valence-electron chi connectivity index (χ4n) is 1.88. The first-order valence-electron chi connectivity index (χ1n) is 5.98. The lowest BCUT2D eigenvalue weighted by molar-refractivity contribution is 0.109. The molecule has 0 aliphatic carbocycles. The van der Waals surface area contributed by atoms with Crippen LogP contribution in [0.3, 0.4) is 0 Å². The number of hydrogen-bond donors (Lipinski definition) is 1. The average molecular weight is 257 g/mol. The monoisotopic (exact) mass is 257 g/mol. The molecule has 96 valence electrons. The molecule has 0 bridgehead atoms. The van der Waals surface area contributed by atoms with Gasteiger partial charge in [-0.05, 0) is 31.3 Å². The molecule has 0 saturated carbocycles. The molecule has 2 atom stereocenters. The Morgan fingerprint density at radius 2 is 2.47 bits per heavy atom. The first kappa shape index (κ1) is 12.9. The Morgan fingerprint density at radius 3 is 3.18 bits per heavy atom. The fraction of sp³-hybridized carbons (Fsp3) is 0.818. The van der Waals surface area contributed by atoms with Crippen LogP contribution in [0.25, 0.3) is 0 Å². The summed E-state index contributed by atoms with van der Waals surface area (Å²) in [6, 6.07) is -0.145. The summed E-state index contributed by atoms with van der Waals surface area (Å²) in [4.78, 5) is 4.33. The van der Waals surface area contributed by atoms with Gasteiger partial charge in [-0.25, -0.2) is 0 Å². The number of ether oxygens (including phenoxy) is 1. The average Bonchev–Trinajstić information content (AvgIpc) is 2.98. The van der Waals surface area contributed by atoms with Crippen LogP contribution in [0.15, 0.2) is 4.52 Å². The molecule has 1 aliphatic heterocycles. The van der Waals surface area contributed by atoms with E-state index >= 15 is 0 Å². The zero-order chi connectivity index (χ0) is 12.1. The van der Waals surface area contributed by atoms with Crippen LogP contribution in [0.1, 0.15) is 37.0 Å². The maximum atomic E-state index is 5.96. The molecular weight excluding hydrogens is 238 g/mol. The molecule has 1 fully saturated rings. The first-order valence-corrected chi connectivity index (χ1v) is 7.37. The summed E-state index contributed by atoms with van der Waals surface area (Å²) in [6.07, 6.45) is 6.12. The van der Waals surface area contributed by atoms with Crippen molar-refractivity contribution in [2.45, 2.75) is 37.8 Å². The van der Waals surface area contributed by atoms with E-state index in [-0.39, 0.29) is 12.1 Å². The molecule has 0 amide bonds. The lowest BCUT2D eigenvalue weighted by Gasteiger charge is -2.05. The van der Waals surface area contributed by atoms with Crippen molar-refractivity contribution in [1.29, 1.82) is 0 Å². The third-order valence-corrected chi connectivity index (χ3v) is 3.51. The Morgan fingerprint density at radius 1 is 1.59 bits per heavy atom. The summed E-state index contributed by atoms with van der Waals surface area (Å²) in [6.45, 7) is 0.850. The van der Waals surface area contributed by atoms with Crippen LogP contribution >= 0.6 is 11.8 Å². The Kier molecular flexibility index (Phi) is 4.82. The zero-order valence-corrected chi connectivity index (χ0v) is 10.9. The molecule has 0 aromatic carbocycles. The first-order chi connectivity index (χ1) is 8.29. The van der Waals surface area contributed by atoms with Crippen LogP contribution in [0.5, 0.6) is 0 Å². The smallest absolute Gasteiger partial charge is 0.243 e. The van der Waals surface area contributed by atoms with E-state index in [2.05, 4.69) is 16.4 Å². The van der Waals surface area contributed by atoms with Crippen molar-refractivity contribution in [1.82, 2.24) is 10.1 Å². The van der Waals surface area contributed by atoms with E-state index in [0.29, 0.717) is 11.7 Å². The van der Waals surface area contributed by atoms with Crippen molar-refractivity contribution < 1.29 is 9.26 Å². The van der Waals surface area contributed by atoms with Gasteiger partial charge in [-0.1, -0.05) is 5.16 Å². The number of nitrogens with two attached hydrogens (primary N) is 1. The van der Waals surface area contributed by atoms with Gasteiger partial charge in [0, 0.05) is 13.0 Å². The quantitative estimate of drug-likeness (QED) is 0.833. The fourth-order valence-corrected chi connectivity index (χ4v) is 2.37. The van der Waals surface area contributed by atoms with Crippen LogP contribution in [0.2, 0.25) is 0 Å². The summed E-state index contributed by atoms with van der Waals surface area (Å²) in [7, 11) is 0. The van der Waals surface area contributed by atoms with Gasteiger partial charge in [-0.15, -0.1) is 0 Å². The van der Waals surface area contributed by atoms with Gasteiger partial charge in [0.25, 0.3) is 0 Å². The van der Waals surface area contributed by atoms with E-state index in [1.807, 2.05) is 0 Å². The summed E-state index contributed by atoms with van der Waals surface area (Å²) < 4.78 is 10.7. The van der Waals surface area contributed by atoms with Gasteiger partial charge in [0.05, 0.1) is 12.1 Å². The minimum absolute atomic E-state index is 0.145. The lowest BCUT2D eigenvalue weighted by atomic mass is 10.2. The molecule has 1 aromatic heterocycles. The molecule has 0 radical (unpaired) electrons. The van der Waals surface area contributed by atoms with Crippen LogP contribution in [-0.2, 0) is 11.2 Å².